The van der Waals surface area contributed by atoms with Crippen molar-refractivity contribution in [2.24, 2.45) is 0 Å². The highest BCUT2D eigenvalue weighted by Crippen LogP contribution is 2.37. The van der Waals surface area contributed by atoms with Crippen molar-refractivity contribution in [3.05, 3.63) is 115 Å². The predicted molar refractivity (Wildman–Crippen MR) is 147 cm³/mol. The fourth-order valence-electron chi connectivity index (χ4n) is 4.61. The van der Waals surface area contributed by atoms with Gasteiger partial charge < -0.3 is 8.84 Å². The Kier molecular flexibility index (Phi) is 7.66. The molecule has 0 amide bonds. The lowest BCUT2D eigenvalue weighted by atomic mass is 10.2. The Hall–Kier alpha value is -2.97. The number of hydrogen-bond donors (Lipinski definition) is 1. The van der Waals surface area contributed by atoms with Gasteiger partial charge in [0.25, 0.3) is 8.32 Å². The van der Waals surface area contributed by atoms with E-state index in [0.29, 0.717) is 5.76 Å². The van der Waals surface area contributed by atoms with Gasteiger partial charge in [0.05, 0.1) is 17.8 Å². The molecule has 188 valence electrons. The van der Waals surface area contributed by atoms with Crippen molar-refractivity contribution in [1.82, 2.24) is 4.72 Å². The average Bonchev–Trinajstić information content (AvgIpc) is 3.39. The Labute approximate surface area is 215 Å². The number of rotatable bonds is 9. The highest BCUT2D eigenvalue weighted by Gasteiger charge is 2.50. The Morgan fingerprint density at radius 2 is 1.39 bits per heavy atom. The molecular weight excluding hydrogens is 486 g/mol. The fraction of sp³-hybridized carbons (Fsp3) is 0.241. The third-order valence-corrected chi connectivity index (χ3v) is 12.9. The van der Waals surface area contributed by atoms with Crippen LogP contribution in [0.25, 0.3) is 0 Å². The number of sulfonamides is 1. The first-order valence-corrected chi connectivity index (χ1v) is 15.4. The molecule has 0 aliphatic carbocycles. The standard InChI is InChI=1S/C29H33NO4SSi/c1-23-17-19-24(20-18-23)35(31,32)30-27(28-16-11-21-33-28)22-34-36(29(2,3)4,25-12-7-5-8-13-25)26-14-9-6-10-15-26/h5-21,27,30H,22H2,1-4H3. The van der Waals surface area contributed by atoms with Crippen LogP contribution in [0.3, 0.4) is 0 Å². The van der Waals surface area contributed by atoms with Gasteiger partial charge in [-0.25, -0.2) is 8.42 Å². The molecule has 1 atom stereocenters. The summed E-state index contributed by atoms with van der Waals surface area (Å²) in [6.07, 6.45) is 1.55. The summed E-state index contributed by atoms with van der Waals surface area (Å²) in [5.74, 6) is 0.503. The zero-order valence-electron chi connectivity index (χ0n) is 21.1. The van der Waals surface area contributed by atoms with Gasteiger partial charge in [0.2, 0.25) is 10.0 Å². The molecule has 1 N–H and O–H groups in total. The summed E-state index contributed by atoms with van der Waals surface area (Å²) < 4.78 is 42.1. The zero-order chi connectivity index (χ0) is 25.8. The van der Waals surface area contributed by atoms with Crippen LogP contribution >= 0.6 is 0 Å². The van der Waals surface area contributed by atoms with Gasteiger partial charge >= 0.3 is 0 Å². The van der Waals surface area contributed by atoms with Gasteiger partial charge in [-0.1, -0.05) is 99.1 Å². The highest BCUT2D eigenvalue weighted by atomic mass is 32.2. The van der Waals surface area contributed by atoms with Crippen LogP contribution in [0.4, 0.5) is 0 Å². The van der Waals surface area contributed by atoms with Crippen molar-refractivity contribution in [2.45, 2.75) is 43.7 Å². The maximum Gasteiger partial charge on any atom is 0.261 e. The van der Waals surface area contributed by atoms with E-state index in [2.05, 4.69) is 49.8 Å². The number of benzene rings is 3. The molecule has 4 aromatic rings. The normalized spacial score (nSPS) is 13.4. The maximum absolute atomic E-state index is 13.3. The van der Waals surface area contributed by atoms with Crippen LogP contribution in [0.5, 0.6) is 0 Å². The smallest absolute Gasteiger partial charge is 0.261 e. The monoisotopic (exact) mass is 519 g/mol. The summed E-state index contributed by atoms with van der Waals surface area (Å²) in [4.78, 5) is 0.204. The number of furan rings is 1. The van der Waals surface area contributed by atoms with Crippen LogP contribution in [-0.4, -0.2) is 23.3 Å². The van der Waals surface area contributed by atoms with Gasteiger partial charge in [-0.15, -0.1) is 0 Å². The van der Waals surface area contributed by atoms with Gasteiger partial charge in [-0.2, -0.15) is 4.72 Å². The molecule has 36 heavy (non-hydrogen) atoms. The van der Waals surface area contributed by atoms with E-state index >= 15 is 0 Å². The lowest BCUT2D eigenvalue weighted by molar-refractivity contribution is 0.248. The van der Waals surface area contributed by atoms with Crippen LogP contribution < -0.4 is 15.1 Å². The van der Waals surface area contributed by atoms with E-state index in [1.807, 2.05) is 43.3 Å². The van der Waals surface area contributed by atoms with Crippen molar-refractivity contribution < 1.29 is 17.3 Å². The molecule has 5 nitrogen and oxygen atoms in total. The van der Waals surface area contributed by atoms with E-state index in [-0.39, 0.29) is 16.5 Å². The largest absolute Gasteiger partial charge is 0.468 e. The minimum atomic E-state index is -3.81. The SMILES string of the molecule is Cc1ccc(S(=O)(=O)NC(CO[Si](c2ccccc2)(c2ccccc2)C(C)(C)C)c2ccco2)cc1. The predicted octanol–water partition coefficient (Wildman–Crippen LogP) is 5.18. The van der Waals surface area contributed by atoms with E-state index in [1.165, 1.54) is 0 Å². The van der Waals surface area contributed by atoms with Crippen molar-refractivity contribution in [2.75, 3.05) is 6.61 Å². The first-order chi connectivity index (χ1) is 17.1. The molecule has 0 fully saturated rings. The topological polar surface area (TPSA) is 68.5 Å². The molecular formula is C29H33NO4SSi. The third kappa shape index (κ3) is 5.39. The molecule has 0 saturated heterocycles. The molecule has 0 bridgehead atoms. The second-order valence-electron chi connectivity index (χ2n) is 9.98. The fourth-order valence-corrected chi connectivity index (χ4v) is 10.4. The van der Waals surface area contributed by atoms with Crippen LogP contribution in [-0.2, 0) is 14.4 Å². The van der Waals surface area contributed by atoms with Crippen molar-refractivity contribution in [3.8, 4) is 0 Å². The lowest BCUT2D eigenvalue weighted by Crippen LogP contribution is -2.67. The molecule has 3 aromatic carbocycles. The molecule has 1 aromatic heterocycles. The number of aryl methyl sites for hydroxylation is 1. The van der Waals surface area contributed by atoms with Crippen LogP contribution in [0, 0.1) is 6.92 Å². The van der Waals surface area contributed by atoms with Crippen LogP contribution in [0.15, 0.2) is 113 Å². The molecule has 0 radical (unpaired) electrons. The second kappa shape index (κ2) is 10.6. The molecule has 1 unspecified atom stereocenters. The van der Waals surface area contributed by atoms with E-state index in [0.717, 1.165) is 15.9 Å². The van der Waals surface area contributed by atoms with Crippen molar-refractivity contribution in [3.63, 3.8) is 0 Å². The van der Waals surface area contributed by atoms with E-state index < -0.39 is 24.4 Å². The summed E-state index contributed by atoms with van der Waals surface area (Å²) in [6, 6.07) is 30.2. The first-order valence-electron chi connectivity index (χ1n) is 12.0. The molecule has 7 heteroatoms. The molecule has 0 saturated carbocycles. The summed E-state index contributed by atoms with van der Waals surface area (Å²) in [5, 5.41) is 2.02. The van der Waals surface area contributed by atoms with E-state index in [1.54, 1.807) is 42.7 Å². The Balaban J connectivity index is 1.75. The minimum Gasteiger partial charge on any atom is -0.468 e. The van der Waals surface area contributed by atoms with Crippen LogP contribution in [0.1, 0.15) is 38.1 Å². The van der Waals surface area contributed by atoms with Crippen molar-refractivity contribution >= 4 is 28.7 Å². The molecule has 0 spiro atoms. The van der Waals surface area contributed by atoms with Gasteiger partial charge in [0.15, 0.2) is 0 Å². The van der Waals surface area contributed by atoms with Gasteiger partial charge in [0, 0.05) is 0 Å². The van der Waals surface area contributed by atoms with Gasteiger partial charge in [0.1, 0.15) is 11.8 Å². The van der Waals surface area contributed by atoms with Crippen molar-refractivity contribution in [1.29, 1.82) is 0 Å². The highest BCUT2D eigenvalue weighted by molar-refractivity contribution is 7.89. The summed E-state index contributed by atoms with van der Waals surface area (Å²) in [5.41, 5.74) is 0.992. The number of nitrogens with one attached hydrogen (secondary N) is 1. The molecule has 4 rings (SSSR count). The molecule has 1 heterocycles. The van der Waals surface area contributed by atoms with Gasteiger partial charge in [-0.05, 0) is 46.6 Å². The molecule has 0 aliphatic heterocycles. The first kappa shape index (κ1) is 26.1. The quantitative estimate of drug-likeness (QED) is 0.309. The Morgan fingerprint density at radius 1 is 0.833 bits per heavy atom. The minimum absolute atomic E-state index is 0.117. The lowest BCUT2D eigenvalue weighted by Gasteiger charge is -2.43. The third-order valence-electron chi connectivity index (χ3n) is 6.40. The van der Waals surface area contributed by atoms with Gasteiger partial charge in [-0.3, -0.25) is 0 Å². The summed E-state index contributed by atoms with van der Waals surface area (Å²) >= 11 is 0. The Morgan fingerprint density at radius 3 is 1.86 bits per heavy atom. The zero-order valence-corrected chi connectivity index (χ0v) is 23.0. The van der Waals surface area contributed by atoms with Crippen LogP contribution in [0.2, 0.25) is 5.04 Å². The Bertz CT molecular complexity index is 1310. The second-order valence-corrected chi connectivity index (χ2v) is 16.0. The molecule has 0 aliphatic rings. The average molecular weight is 520 g/mol. The summed E-state index contributed by atoms with van der Waals surface area (Å²) in [6.45, 7) is 8.62. The number of hydrogen-bond acceptors (Lipinski definition) is 4. The van der Waals surface area contributed by atoms with E-state index in [9.17, 15) is 8.42 Å². The summed E-state index contributed by atoms with van der Waals surface area (Å²) in [7, 11) is -6.67. The van der Waals surface area contributed by atoms with E-state index in [4.69, 9.17) is 8.84 Å². The maximum atomic E-state index is 13.3.